The van der Waals surface area contributed by atoms with Crippen molar-refractivity contribution in [3.05, 3.63) is 0 Å². The van der Waals surface area contributed by atoms with Gasteiger partial charge in [-0.3, -0.25) is 4.90 Å². The van der Waals surface area contributed by atoms with Gasteiger partial charge in [-0.05, 0) is 38.1 Å². The molecule has 16 heavy (non-hydrogen) atoms. The molecule has 1 saturated carbocycles. The van der Waals surface area contributed by atoms with Crippen LogP contribution in [0.1, 0.15) is 39.5 Å². The Balaban J connectivity index is 2.55. The summed E-state index contributed by atoms with van der Waals surface area (Å²) in [5.41, 5.74) is 0.381. The number of hydrogen-bond acceptors (Lipinski definition) is 3. The summed E-state index contributed by atoms with van der Waals surface area (Å²) in [7, 11) is 2.04. The Morgan fingerprint density at radius 3 is 2.31 bits per heavy atom. The van der Waals surface area contributed by atoms with Gasteiger partial charge in [0.25, 0.3) is 0 Å². The van der Waals surface area contributed by atoms with Crippen molar-refractivity contribution in [1.82, 2.24) is 10.2 Å². The monoisotopic (exact) mass is 228 g/mol. The van der Waals surface area contributed by atoms with Crippen LogP contribution in [0.3, 0.4) is 0 Å². The lowest BCUT2D eigenvalue weighted by Crippen LogP contribution is -2.44. The maximum absolute atomic E-state index is 9.13. The molecular formula is C13H28N2O. The van der Waals surface area contributed by atoms with Gasteiger partial charge < -0.3 is 10.4 Å². The molecule has 0 aromatic rings. The topological polar surface area (TPSA) is 35.5 Å². The molecule has 0 heterocycles. The first-order chi connectivity index (χ1) is 7.71. The van der Waals surface area contributed by atoms with Gasteiger partial charge in [-0.15, -0.1) is 0 Å². The minimum Gasteiger partial charge on any atom is -0.395 e. The van der Waals surface area contributed by atoms with Gasteiger partial charge >= 0.3 is 0 Å². The van der Waals surface area contributed by atoms with E-state index in [1.54, 1.807) is 0 Å². The second-order valence-electron chi connectivity index (χ2n) is 5.16. The SMILES string of the molecule is CCC(CC)(CNC)CN(CCO)C1CC1. The summed E-state index contributed by atoms with van der Waals surface area (Å²) >= 11 is 0. The van der Waals surface area contributed by atoms with E-state index in [2.05, 4.69) is 24.1 Å². The summed E-state index contributed by atoms with van der Waals surface area (Å²) in [5.74, 6) is 0. The van der Waals surface area contributed by atoms with E-state index in [4.69, 9.17) is 5.11 Å². The van der Waals surface area contributed by atoms with Crippen LogP contribution in [-0.4, -0.2) is 49.3 Å². The summed E-state index contributed by atoms with van der Waals surface area (Å²) in [4.78, 5) is 2.49. The standard InChI is InChI=1S/C13H28N2O/c1-4-13(5-2,10-14-3)11-15(8-9-16)12-6-7-12/h12,14,16H,4-11H2,1-3H3. The minimum absolute atomic E-state index is 0.291. The molecule has 1 aliphatic rings. The second-order valence-corrected chi connectivity index (χ2v) is 5.16. The molecule has 0 unspecified atom stereocenters. The van der Waals surface area contributed by atoms with Gasteiger partial charge in [-0.1, -0.05) is 13.8 Å². The van der Waals surface area contributed by atoms with Crippen LogP contribution >= 0.6 is 0 Å². The molecule has 0 aromatic heterocycles. The maximum atomic E-state index is 9.13. The van der Waals surface area contributed by atoms with E-state index in [1.165, 1.54) is 25.7 Å². The van der Waals surface area contributed by atoms with Crippen molar-refractivity contribution >= 4 is 0 Å². The largest absolute Gasteiger partial charge is 0.395 e. The number of nitrogens with zero attached hydrogens (tertiary/aromatic N) is 1. The average molecular weight is 228 g/mol. The average Bonchev–Trinajstić information content (AvgIpc) is 3.11. The third-order valence-electron chi connectivity index (χ3n) is 4.04. The molecule has 1 rings (SSSR count). The molecule has 0 amide bonds. The van der Waals surface area contributed by atoms with Crippen molar-refractivity contribution < 1.29 is 5.11 Å². The first kappa shape index (κ1) is 13.9. The van der Waals surface area contributed by atoms with Gasteiger partial charge in [0, 0.05) is 25.7 Å². The molecule has 0 aromatic carbocycles. The summed E-state index contributed by atoms with van der Waals surface area (Å²) in [6, 6.07) is 0.751. The van der Waals surface area contributed by atoms with Crippen LogP contribution in [0.25, 0.3) is 0 Å². The van der Waals surface area contributed by atoms with E-state index in [0.717, 1.165) is 25.7 Å². The zero-order valence-corrected chi connectivity index (χ0v) is 11.1. The summed E-state index contributed by atoms with van der Waals surface area (Å²) in [6.07, 6.45) is 5.06. The molecule has 3 heteroatoms. The molecule has 0 aliphatic heterocycles. The predicted molar refractivity (Wildman–Crippen MR) is 68.6 cm³/mol. The van der Waals surface area contributed by atoms with E-state index in [9.17, 15) is 0 Å². The van der Waals surface area contributed by atoms with E-state index < -0.39 is 0 Å². The highest BCUT2D eigenvalue weighted by Crippen LogP contribution is 2.33. The molecule has 0 saturated heterocycles. The highest BCUT2D eigenvalue weighted by Gasteiger charge is 2.35. The first-order valence-corrected chi connectivity index (χ1v) is 6.71. The molecule has 1 fully saturated rings. The second kappa shape index (κ2) is 6.58. The van der Waals surface area contributed by atoms with Crippen molar-refractivity contribution in [3.8, 4) is 0 Å². The smallest absolute Gasteiger partial charge is 0.0558 e. The van der Waals surface area contributed by atoms with Crippen molar-refractivity contribution in [2.45, 2.75) is 45.6 Å². The van der Waals surface area contributed by atoms with Gasteiger partial charge in [0.15, 0.2) is 0 Å². The summed E-state index contributed by atoms with van der Waals surface area (Å²) in [6.45, 7) is 7.91. The molecule has 96 valence electrons. The Morgan fingerprint density at radius 2 is 1.94 bits per heavy atom. The van der Waals surface area contributed by atoms with Crippen molar-refractivity contribution in [2.24, 2.45) is 5.41 Å². The molecular weight excluding hydrogens is 200 g/mol. The minimum atomic E-state index is 0.291. The molecule has 0 spiro atoms. The summed E-state index contributed by atoms with van der Waals surface area (Å²) < 4.78 is 0. The molecule has 0 atom stereocenters. The van der Waals surface area contributed by atoms with Crippen molar-refractivity contribution in [3.63, 3.8) is 0 Å². The molecule has 1 aliphatic carbocycles. The molecule has 0 radical (unpaired) electrons. The first-order valence-electron chi connectivity index (χ1n) is 6.71. The zero-order valence-electron chi connectivity index (χ0n) is 11.1. The number of rotatable bonds is 9. The van der Waals surface area contributed by atoms with Gasteiger partial charge in [0.2, 0.25) is 0 Å². The zero-order chi connectivity index (χ0) is 12.0. The summed E-state index contributed by atoms with van der Waals surface area (Å²) in [5, 5.41) is 12.5. The molecule has 3 nitrogen and oxygen atoms in total. The van der Waals surface area contributed by atoms with E-state index in [0.29, 0.717) is 12.0 Å². The Kier molecular flexibility index (Phi) is 5.73. The Morgan fingerprint density at radius 1 is 1.31 bits per heavy atom. The fraction of sp³-hybridized carbons (Fsp3) is 1.00. The Bertz CT molecular complexity index is 188. The third kappa shape index (κ3) is 3.72. The van der Waals surface area contributed by atoms with Crippen molar-refractivity contribution in [2.75, 3.05) is 33.3 Å². The van der Waals surface area contributed by atoms with Crippen molar-refractivity contribution in [1.29, 1.82) is 0 Å². The van der Waals surface area contributed by atoms with Gasteiger partial charge in [0.05, 0.1) is 6.61 Å². The lowest BCUT2D eigenvalue weighted by molar-refractivity contribution is 0.109. The highest BCUT2D eigenvalue weighted by molar-refractivity contribution is 4.90. The fourth-order valence-electron chi connectivity index (χ4n) is 2.54. The van der Waals surface area contributed by atoms with Gasteiger partial charge in [-0.2, -0.15) is 0 Å². The van der Waals surface area contributed by atoms with Gasteiger partial charge in [0.1, 0.15) is 0 Å². The Hall–Kier alpha value is -0.120. The van der Waals surface area contributed by atoms with Crippen LogP contribution in [0.4, 0.5) is 0 Å². The maximum Gasteiger partial charge on any atom is 0.0558 e. The van der Waals surface area contributed by atoms with Gasteiger partial charge in [-0.25, -0.2) is 0 Å². The van der Waals surface area contributed by atoms with Crippen LogP contribution < -0.4 is 5.32 Å². The number of aliphatic hydroxyl groups excluding tert-OH is 1. The van der Waals surface area contributed by atoms with E-state index in [-0.39, 0.29) is 0 Å². The van der Waals surface area contributed by atoms with Crippen LogP contribution in [0, 0.1) is 5.41 Å². The van der Waals surface area contributed by atoms with Crippen LogP contribution in [0.15, 0.2) is 0 Å². The van der Waals surface area contributed by atoms with Crippen LogP contribution in [0.5, 0.6) is 0 Å². The Labute approximate surface area is 100 Å². The molecule has 2 N–H and O–H groups in total. The number of aliphatic hydroxyl groups is 1. The van der Waals surface area contributed by atoms with Crippen LogP contribution in [0.2, 0.25) is 0 Å². The highest BCUT2D eigenvalue weighted by atomic mass is 16.3. The van der Waals surface area contributed by atoms with E-state index >= 15 is 0 Å². The normalized spacial score (nSPS) is 17.1. The van der Waals surface area contributed by atoms with E-state index in [1.807, 2.05) is 7.05 Å². The number of hydrogen-bond donors (Lipinski definition) is 2. The fourth-order valence-corrected chi connectivity index (χ4v) is 2.54. The number of nitrogens with one attached hydrogen (secondary N) is 1. The lowest BCUT2D eigenvalue weighted by atomic mass is 9.81. The molecule has 0 bridgehead atoms. The lowest BCUT2D eigenvalue weighted by Gasteiger charge is -2.37. The van der Waals surface area contributed by atoms with Crippen LogP contribution in [-0.2, 0) is 0 Å². The third-order valence-corrected chi connectivity index (χ3v) is 4.04. The predicted octanol–water partition coefficient (Wildman–Crippen LogP) is 1.47. The quantitative estimate of drug-likeness (QED) is 0.627.